The van der Waals surface area contributed by atoms with E-state index in [-0.39, 0.29) is 0 Å². The second-order valence-electron chi connectivity index (χ2n) is 14.3. The van der Waals surface area contributed by atoms with Crippen LogP contribution in [0.5, 0.6) is 0 Å². The lowest BCUT2D eigenvalue weighted by molar-refractivity contribution is 1.63. The lowest BCUT2D eigenvalue weighted by Crippen LogP contribution is -1.92. The van der Waals surface area contributed by atoms with Gasteiger partial charge in [0.25, 0.3) is 0 Å². The molecule has 0 saturated carbocycles. The minimum Gasteiger partial charge on any atom is -0.135 e. The van der Waals surface area contributed by atoms with Crippen LogP contribution in [-0.4, -0.2) is 0 Å². The van der Waals surface area contributed by atoms with Gasteiger partial charge in [0.05, 0.1) is 0 Å². The van der Waals surface area contributed by atoms with Crippen molar-refractivity contribution >= 4 is 106 Å². The van der Waals surface area contributed by atoms with Crippen molar-refractivity contribution in [3.63, 3.8) is 0 Å². The van der Waals surface area contributed by atoms with Gasteiger partial charge in [-0.3, -0.25) is 0 Å². The third-order valence-electron chi connectivity index (χ3n) is 11.4. The summed E-state index contributed by atoms with van der Waals surface area (Å²) < 4.78 is 5.37. The zero-order chi connectivity index (χ0) is 35.3. The van der Waals surface area contributed by atoms with Gasteiger partial charge in [0.2, 0.25) is 0 Å². The number of hydrogen-bond acceptors (Lipinski definition) is 2. The Hall–Kier alpha value is -6.32. The summed E-state index contributed by atoms with van der Waals surface area (Å²) in [6, 6.07) is 67.9. The standard InChI is InChI=1S/C52H30S2/c1-2-15-35-31(11-1)12-10-21-36(35)50-39-18-5-3-16-37(39)49(38-17-4-6-19-40(38)50)34-14-9-13-32(29-34)33-23-26-46-44(30-33)52-42-25-27-47-51(41(42)24-28-48(52)54-46)43-20-7-8-22-45(43)53-47/h1-30H. The van der Waals surface area contributed by atoms with Gasteiger partial charge in [-0.05, 0) is 113 Å². The molecule has 0 amide bonds. The van der Waals surface area contributed by atoms with Gasteiger partial charge >= 0.3 is 0 Å². The molecule has 0 unspecified atom stereocenters. The van der Waals surface area contributed by atoms with Gasteiger partial charge in [-0.2, -0.15) is 0 Å². The highest BCUT2D eigenvalue weighted by atomic mass is 32.1. The molecule has 0 saturated heterocycles. The Bertz CT molecular complexity index is 3440. The largest absolute Gasteiger partial charge is 0.135 e. The molecule has 250 valence electrons. The molecule has 0 nitrogen and oxygen atoms in total. The predicted octanol–water partition coefficient (Wildman–Crippen LogP) is 16.0. The van der Waals surface area contributed by atoms with Crippen molar-refractivity contribution in [1.82, 2.24) is 0 Å². The van der Waals surface area contributed by atoms with Gasteiger partial charge in [-0.25, -0.2) is 0 Å². The van der Waals surface area contributed by atoms with Crippen LogP contribution in [0.25, 0.3) is 117 Å². The Morgan fingerprint density at radius 2 is 0.759 bits per heavy atom. The molecule has 2 aromatic heterocycles. The maximum atomic E-state index is 2.43. The minimum atomic E-state index is 1.23. The molecule has 0 radical (unpaired) electrons. The molecule has 0 bridgehead atoms. The highest BCUT2D eigenvalue weighted by molar-refractivity contribution is 7.26. The number of fused-ring (bicyclic) bond motifs is 12. The van der Waals surface area contributed by atoms with E-state index in [2.05, 4.69) is 182 Å². The molecule has 2 heterocycles. The molecule has 2 heteroatoms. The van der Waals surface area contributed by atoms with Gasteiger partial charge in [-0.1, -0.05) is 146 Å². The topological polar surface area (TPSA) is 0 Å². The van der Waals surface area contributed by atoms with Crippen molar-refractivity contribution in [2.45, 2.75) is 0 Å². The van der Waals surface area contributed by atoms with Crippen LogP contribution in [0.1, 0.15) is 0 Å². The third kappa shape index (κ3) is 4.36. The summed E-state index contributed by atoms with van der Waals surface area (Å²) in [6.45, 7) is 0. The molecular weight excluding hydrogens is 689 g/mol. The SMILES string of the molecule is c1cc(-c2ccc3sc4ccc5c(ccc6sc7ccccc7c65)c4c3c2)cc(-c2c3ccccc3c(-c3cccc4ccccc34)c3ccccc23)c1. The van der Waals surface area contributed by atoms with E-state index >= 15 is 0 Å². The fourth-order valence-corrected chi connectivity index (χ4v) is 11.3. The molecule has 0 aliphatic heterocycles. The van der Waals surface area contributed by atoms with Crippen LogP contribution < -0.4 is 0 Å². The minimum absolute atomic E-state index is 1.23. The molecular formula is C52H30S2. The molecule has 0 atom stereocenters. The van der Waals surface area contributed by atoms with Gasteiger partial charge < -0.3 is 0 Å². The lowest BCUT2D eigenvalue weighted by Gasteiger charge is -2.19. The number of benzene rings is 10. The quantitative estimate of drug-likeness (QED) is 0.160. The second kappa shape index (κ2) is 11.6. The van der Waals surface area contributed by atoms with E-state index in [1.54, 1.807) is 0 Å². The van der Waals surface area contributed by atoms with Crippen molar-refractivity contribution in [3.05, 3.63) is 182 Å². The second-order valence-corrected chi connectivity index (χ2v) is 16.5. The van der Waals surface area contributed by atoms with Crippen LogP contribution >= 0.6 is 22.7 Å². The Kier molecular flexibility index (Phi) is 6.48. The van der Waals surface area contributed by atoms with E-state index in [9.17, 15) is 0 Å². The first-order valence-electron chi connectivity index (χ1n) is 18.5. The summed E-state index contributed by atoms with van der Waals surface area (Å²) in [5.74, 6) is 0. The Labute approximate surface area is 319 Å². The van der Waals surface area contributed by atoms with Crippen LogP contribution in [0.3, 0.4) is 0 Å². The number of rotatable bonds is 3. The molecule has 12 rings (SSSR count). The third-order valence-corrected chi connectivity index (χ3v) is 13.7. The summed E-state index contributed by atoms with van der Waals surface area (Å²) in [5, 5.41) is 15.7. The van der Waals surface area contributed by atoms with E-state index in [0.717, 1.165) is 0 Å². The van der Waals surface area contributed by atoms with Crippen molar-refractivity contribution in [3.8, 4) is 33.4 Å². The highest BCUT2D eigenvalue weighted by Crippen LogP contribution is 2.47. The van der Waals surface area contributed by atoms with E-state index in [4.69, 9.17) is 0 Å². The molecule has 12 aromatic rings. The van der Waals surface area contributed by atoms with Crippen LogP contribution in [0.15, 0.2) is 182 Å². The summed E-state index contributed by atoms with van der Waals surface area (Å²) >= 11 is 3.79. The highest BCUT2D eigenvalue weighted by Gasteiger charge is 2.19. The summed E-state index contributed by atoms with van der Waals surface area (Å²) in [6.07, 6.45) is 0. The first kappa shape index (κ1) is 30.2. The summed E-state index contributed by atoms with van der Waals surface area (Å²) in [4.78, 5) is 0. The number of thiophene rings is 2. The molecule has 54 heavy (non-hydrogen) atoms. The average molecular weight is 719 g/mol. The number of hydrogen-bond donors (Lipinski definition) is 0. The Morgan fingerprint density at radius 1 is 0.259 bits per heavy atom. The van der Waals surface area contributed by atoms with Crippen molar-refractivity contribution in [1.29, 1.82) is 0 Å². The monoisotopic (exact) mass is 718 g/mol. The average Bonchev–Trinajstić information content (AvgIpc) is 3.81. The lowest BCUT2D eigenvalue weighted by atomic mass is 9.84. The summed E-state index contributed by atoms with van der Waals surface area (Å²) in [5.41, 5.74) is 7.56. The molecule has 0 N–H and O–H groups in total. The predicted molar refractivity (Wildman–Crippen MR) is 239 cm³/mol. The van der Waals surface area contributed by atoms with Crippen molar-refractivity contribution in [2.75, 3.05) is 0 Å². The van der Waals surface area contributed by atoms with Gasteiger partial charge in [0.1, 0.15) is 0 Å². The van der Waals surface area contributed by atoms with E-state index in [1.165, 1.54) is 117 Å². The molecule has 0 aliphatic rings. The fraction of sp³-hybridized carbons (Fsp3) is 0. The first-order chi connectivity index (χ1) is 26.8. The zero-order valence-corrected chi connectivity index (χ0v) is 30.8. The molecule has 0 fully saturated rings. The van der Waals surface area contributed by atoms with Crippen LogP contribution in [0, 0.1) is 0 Å². The van der Waals surface area contributed by atoms with Gasteiger partial charge in [0, 0.05) is 40.3 Å². The van der Waals surface area contributed by atoms with E-state index in [1.807, 2.05) is 22.7 Å². The van der Waals surface area contributed by atoms with Gasteiger partial charge in [-0.15, -0.1) is 22.7 Å². The van der Waals surface area contributed by atoms with Crippen LogP contribution in [0.4, 0.5) is 0 Å². The fourth-order valence-electron chi connectivity index (χ4n) is 9.11. The smallest absolute Gasteiger partial charge is 0.0361 e. The zero-order valence-electron chi connectivity index (χ0n) is 29.1. The molecule has 0 spiro atoms. The normalized spacial score (nSPS) is 12.1. The van der Waals surface area contributed by atoms with E-state index in [0.29, 0.717) is 0 Å². The van der Waals surface area contributed by atoms with Crippen LogP contribution in [-0.2, 0) is 0 Å². The van der Waals surface area contributed by atoms with Crippen LogP contribution in [0.2, 0.25) is 0 Å². The maximum absolute atomic E-state index is 2.43. The molecule has 0 aliphatic carbocycles. The van der Waals surface area contributed by atoms with Crippen molar-refractivity contribution in [2.24, 2.45) is 0 Å². The molecule has 10 aromatic carbocycles. The van der Waals surface area contributed by atoms with E-state index < -0.39 is 0 Å². The van der Waals surface area contributed by atoms with Gasteiger partial charge in [0.15, 0.2) is 0 Å². The Balaban J connectivity index is 1.07. The summed E-state index contributed by atoms with van der Waals surface area (Å²) in [7, 11) is 0. The maximum Gasteiger partial charge on any atom is 0.0361 e. The Morgan fingerprint density at radius 3 is 1.48 bits per heavy atom. The van der Waals surface area contributed by atoms with Crippen molar-refractivity contribution < 1.29 is 0 Å². The first-order valence-corrected chi connectivity index (χ1v) is 20.1.